The third-order valence-corrected chi connectivity index (χ3v) is 5.47. The van der Waals surface area contributed by atoms with Crippen molar-refractivity contribution in [1.82, 2.24) is 5.32 Å². The number of anilines is 1. The molecule has 0 amide bonds. The first kappa shape index (κ1) is 16.1. The molecule has 1 aromatic carbocycles. The number of halogens is 1. The van der Waals surface area contributed by atoms with Gasteiger partial charge in [0.05, 0.1) is 12.8 Å². The van der Waals surface area contributed by atoms with Crippen molar-refractivity contribution >= 4 is 38.6 Å². The van der Waals surface area contributed by atoms with Crippen molar-refractivity contribution in [3.8, 4) is 5.75 Å². The summed E-state index contributed by atoms with van der Waals surface area (Å²) < 4.78 is 32.7. The summed E-state index contributed by atoms with van der Waals surface area (Å²) in [6.45, 7) is 0.487. The third kappa shape index (κ3) is 3.68. The highest BCUT2D eigenvalue weighted by atomic mass is 35.5. The predicted octanol–water partition coefficient (Wildman–Crippen LogP) is 2.93. The van der Waals surface area contributed by atoms with Crippen LogP contribution in [-0.4, -0.2) is 22.6 Å². The van der Waals surface area contributed by atoms with Gasteiger partial charge in [-0.1, -0.05) is 11.6 Å². The van der Waals surface area contributed by atoms with Crippen LogP contribution >= 0.6 is 22.9 Å². The second-order valence-electron chi connectivity index (χ2n) is 4.19. The normalized spacial score (nSPS) is 11.4. The molecule has 2 rings (SSSR count). The van der Waals surface area contributed by atoms with Crippen molar-refractivity contribution in [1.29, 1.82) is 0 Å². The second kappa shape index (κ2) is 6.65. The summed E-state index contributed by atoms with van der Waals surface area (Å²) in [4.78, 5) is 0.995. The van der Waals surface area contributed by atoms with Crippen molar-refractivity contribution in [2.75, 3.05) is 18.9 Å². The molecule has 0 aliphatic heterocycles. The molecule has 5 nitrogen and oxygen atoms in total. The Morgan fingerprint density at radius 1 is 1.33 bits per heavy atom. The molecular formula is C13H15ClN2O3S2. The minimum atomic E-state index is -3.69. The molecule has 0 saturated heterocycles. The maximum absolute atomic E-state index is 12.5. The van der Waals surface area contributed by atoms with Gasteiger partial charge in [0.1, 0.15) is 10.6 Å². The first-order valence-corrected chi connectivity index (χ1v) is 8.79. The zero-order valence-corrected chi connectivity index (χ0v) is 13.9. The summed E-state index contributed by atoms with van der Waals surface area (Å²) in [5, 5.41) is 5.12. The molecule has 1 aromatic heterocycles. The number of hydrogen-bond acceptors (Lipinski definition) is 5. The zero-order chi connectivity index (χ0) is 15.5. The van der Waals surface area contributed by atoms with Crippen LogP contribution in [0.15, 0.2) is 34.5 Å². The van der Waals surface area contributed by atoms with Gasteiger partial charge in [-0.15, -0.1) is 11.3 Å². The number of rotatable bonds is 6. The number of nitrogens with one attached hydrogen (secondary N) is 2. The molecule has 0 spiro atoms. The molecule has 0 unspecified atom stereocenters. The molecule has 1 heterocycles. The lowest BCUT2D eigenvalue weighted by Crippen LogP contribution is -2.16. The second-order valence-corrected chi connectivity index (χ2v) is 7.28. The van der Waals surface area contributed by atoms with Crippen LogP contribution in [0.1, 0.15) is 4.88 Å². The number of thiophene rings is 1. The number of hydrogen-bond donors (Lipinski definition) is 2. The van der Waals surface area contributed by atoms with E-state index in [2.05, 4.69) is 10.0 Å². The van der Waals surface area contributed by atoms with E-state index in [1.165, 1.54) is 24.5 Å². The number of ether oxygens (including phenoxy) is 1. The van der Waals surface area contributed by atoms with Gasteiger partial charge in [0, 0.05) is 16.4 Å². The van der Waals surface area contributed by atoms with E-state index in [0.717, 1.165) is 4.88 Å². The number of sulfonamides is 1. The monoisotopic (exact) mass is 346 g/mol. The van der Waals surface area contributed by atoms with E-state index in [1.54, 1.807) is 30.6 Å². The largest absolute Gasteiger partial charge is 0.495 e. The van der Waals surface area contributed by atoms with Crippen LogP contribution in [0.5, 0.6) is 5.75 Å². The highest BCUT2D eigenvalue weighted by Crippen LogP contribution is 2.31. The molecule has 0 bridgehead atoms. The smallest absolute Gasteiger partial charge is 0.263 e. The van der Waals surface area contributed by atoms with E-state index >= 15 is 0 Å². The van der Waals surface area contributed by atoms with Crippen LogP contribution in [0.4, 0.5) is 5.69 Å². The Bertz CT molecular complexity index is 729. The van der Waals surface area contributed by atoms with Crippen molar-refractivity contribution in [3.63, 3.8) is 0 Å². The quantitative estimate of drug-likeness (QED) is 0.844. The predicted molar refractivity (Wildman–Crippen MR) is 85.9 cm³/mol. The van der Waals surface area contributed by atoms with Crippen molar-refractivity contribution in [2.45, 2.75) is 11.4 Å². The Balaban J connectivity index is 2.37. The molecule has 0 atom stereocenters. The molecule has 2 aromatic rings. The fourth-order valence-corrected chi connectivity index (χ4v) is 4.51. The van der Waals surface area contributed by atoms with Gasteiger partial charge >= 0.3 is 0 Å². The summed E-state index contributed by atoms with van der Waals surface area (Å²) in [5.41, 5.74) is 0.312. The molecule has 0 aliphatic rings. The van der Waals surface area contributed by atoms with Gasteiger partial charge in [-0.25, -0.2) is 8.42 Å². The van der Waals surface area contributed by atoms with Crippen molar-refractivity contribution < 1.29 is 13.2 Å². The minimum Gasteiger partial charge on any atom is -0.495 e. The van der Waals surface area contributed by atoms with E-state index < -0.39 is 10.0 Å². The fraction of sp³-hybridized carbons (Fsp3) is 0.231. The number of methoxy groups -OCH3 is 1. The van der Waals surface area contributed by atoms with Gasteiger partial charge < -0.3 is 10.1 Å². The van der Waals surface area contributed by atoms with Gasteiger partial charge in [0.2, 0.25) is 0 Å². The van der Waals surface area contributed by atoms with Crippen LogP contribution in [0.25, 0.3) is 0 Å². The SMILES string of the molecule is CNCc1sccc1S(=O)(=O)Nc1cc(Cl)ccc1OC. The standard InChI is InChI=1S/C13H15ClN2O3S2/c1-15-8-12-13(5-6-20-12)21(17,18)16-10-7-9(14)3-4-11(10)19-2/h3-7,15-16H,8H2,1-2H3. The van der Waals surface area contributed by atoms with Gasteiger partial charge in [-0.3, -0.25) is 4.72 Å². The van der Waals surface area contributed by atoms with E-state index in [4.69, 9.17) is 16.3 Å². The van der Waals surface area contributed by atoms with Crippen molar-refractivity contribution in [3.05, 3.63) is 39.5 Å². The molecule has 2 N–H and O–H groups in total. The Labute approximate surface area is 133 Å². The molecule has 0 saturated carbocycles. The van der Waals surface area contributed by atoms with Crippen LogP contribution < -0.4 is 14.8 Å². The van der Waals surface area contributed by atoms with Crippen molar-refractivity contribution in [2.24, 2.45) is 0 Å². The molecule has 0 aliphatic carbocycles. The molecule has 0 radical (unpaired) electrons. The lowest BCUT2D eigenvalue weighted by Gasteiger charge is -2.12. The molecular weight excluding hydrogens is 332 g/mol. The topological polar surface area (TPSA) is 67.4 Å². The molecule has 21 heavy (non-hydrogen) atoms. The average Bonchev–Trinajstić information content (AvgIpc) is 2.88. The Hall–Kier alpha value is -1.28. The molecule has 114 valence electrons. The Morgan fingerprint density at radius 3 is 2.76 bits per heavy atom. The summed E-state index contributed by atoms with van der Waals surface area (Å²) in [5.74, 6) is 0.411. The zero-order valence-electron chi connectivity index (χ0n) is 11.5. The van der Waals surface area contributed by atoms with Crippen LogP contribution in [-0.2, 0) is 16.6 Å². The summed E-state index contributed by atoms with van der Waals surface area (Å²) in [6.07, 6.45) is 0. The number of benzene rings is 1. The van der Waals surface area contributed by atoms with E-state index in [9.17, 15) is 8.42 Å². The molecule has 0 fully saturated rings. The summed E-state index contributed by atoms with van der Waals surface area (Å²) in [6, 6.07) is 6.34. The fourth-order valence-electron chi connectivity index (χ4n) is 1.82. The van der Waals surface area contributed by atoms with Gasteiger partial charge in [0.25, 0.3) is 10.0 Å². The van der Waals surface area contributed by atoms with E-state index in [1.807, 2.05) is 0 Å². The summed E-state index contributed by atoms with van der Waals surface area (Å²) in [7, 11) is -0.453. The lowest BCUT2D eigenvalue weighted by molar-refractivity contribution is 0.417. The van der Waals surface area contributed by atoms with Crippen LogP contribution in [0, 0.1) is 0 Å². The highest BCUT2D eigenvalue weighted by Gasteiger charge is 2.21. The third-order valence-electron chi connectivity index (χ3n) is 2.74. The summed E-state index contributed by atoms with van der Waals surface area (Å²) >= 11 is 7.30. The lowest BCUT2D eigenvalue weighted by atomic mass is 10.3. The Kier molecular flexibility index (Phi) is 5.10. The van der Waals surface area contributed by atoms with E-state index in [0.29, 0.717) is 23.0 Å². The minimum absolute atomic E-state index is 0.254. The van der Waals surface area contributed by atoms with Gasteiger partial charge in [-0.2, -0.15) is 0 Å². The first-order chi connectivity index (χ1) is 9.97. The van der Waals surface area contributed by atoms with Gasteiger partial charge in [-0.05, 0) is 36.7 Å². The van der Waals surface area contributed by atoms with Crippen LogP contribution in [0.2, 0.25) is 5.02 Å². The molecule has 8 heteroatoms. The van der Waals surface area contributed by atoms with Crippen LogP contribution in [0.3, 0.4) is 0 Å². The Morgan fingerprint density at radius 2 is 2.10 bits per heavy atom. The van der Waals surface area contributed by atoms with E-state index in [-0.39, 0.29) is 4.90 Å². The first-order valence-electron chi connectivity index (χ1n) is 6.05. The maximum Gasteiger partial charge on any atom is 0.263 e. The average molecular weight is 347 g/mol. The highest BCUT2D eigenvalue weighted by molar-refractivity contribution is 7.93. The maximum atomic E-state index is 12.5. The van der Waals surface area contributed by atoms with Gasteiger partial charge in [0.15, 0.2) is 0 Å².